The van der Waals surface area contributed by atoms with Crippen molar-refractivity contribution in [3.63, 3.8) is 0 Å². The molecule has 0 aliphatic carbocycles. The number of benzene rings is 1. The lowest BCUT2D eigenvalue weighted by atomic mass is 10.1. The van der Waals surface area contributed by atoms with Gasteiger partial charge in [0.15, 0.2) is 0 Å². The normalized spacial score (nSPS) is 11.2. The molecule has 0 radical (unpaired) electrons. The van der Waals surface area contributed by atoms with E-state index in [1.807, 2.05) is 18.5 Å². The van der Waals surface area contributed by atoms with Crippen molar-refractivity contribution in [2.45, 2.75) is 13.3 Å². The van der Waals surface area contributed by atoms with Gasteiger partial charge in [-0.25, -0.2) is 0 Å². The molecular formula is C13H13N. The smallest absolute Gasteiger partial charge is 0.0346 e. The predicted octanol–water partition coefficient (Wildman–Crippen LogP) is 3.66. The molecule has 1 heteroatoms. The van der Waals surface area contributed by atoms with Gasteiger partial charge in [-0.2, -0.15) is 0 Å². The maximum atomic E-state index is 4.21. The van der Waals surface area contributed by atoms with Gasteiger partial charge in [0, 0.05) is 23.3 Å². The van der Waals surface area contributed by atoms with E-state index in [1.54, 1.807) is 0 Å². The van der Waals surface area contributed by atoms with Gasteiger partial charge in [0.2, 0.25) is 0 Å². The number of nitrogens with zero attached hydrogens (tertiary/aromatic N) is 1. The van der Waals surface area contributed by atoms with Crippen molar-refractivity contribution in [2.24, 2.45) is 0 Å². The maximum Gasteiger partial charge on any atom is 0.0346 e. The molecule has 1 aromatic heterocycles. The van der Waals surface area contributed by atoms with E-state index in [4.69, 9.17) is 0 Å². The third-order valence-electron chi connectivity index (χ3n) is 2.23. The van der Waals surface area contributed by atoms with Crippen molar-refractivity contribution in [3.8, 4) is 0 Å². The minimum absolute atomic E-state index is 1.06. The van der Waals surface area contributed by atoms with Crippen molar-refractivity contribution < 1.29 is 0 Å². The Morgan fingerprint density at radius 1 is 1.21 bits per heavy atom. The van der Waals surface area contributed by atoms with Crippen molar-refractivity contribution in [3.05, 3.63) is 48.3 Å². The molecule has 2 aromatic rings. The van der Waals surface area contributed by atoms with Crippen molar-refractivity contribution in [1.29, 1.82) is 0 Å². The molecule has 14 heavy (non-hydrogen) atoms. The first-order valence-corrected chi connectivity index (χ1v) is 4.91. The summed E-state index contributed by atoms with van der Waals surface area (Å²) >= 11 is 0. The summed E-state index contributed by atoms with van der Waals surface area (Å²) in [6.07, 6.45) is 9.16. The average molecular weight is 183 g/mol. The molecule has 2 rings (SSSR count). The summed E-state index contributed by atoms with van der Waals surface area (Å²) in [5.74, 6) is 0. The molecule has 0 aliphatic rings. The zero-order valence-corrected chi connectivity index (χ0v) is 8.27. The van der Waals surface area contributed by atoms with Gasteiger partial charge in [0.05, 0.1) is 0 Å². The van der Waals surface area contributed by atoms with Crippen LogP contribution in [0, 0.1) is 0 Å². The van der Waals surface area contributed by atoms with Crippen LogP contribution in [0.1, 0.15) is 18.9 Å². The second kappa shape index (κ2) is 4.05. The number of pyridine rings is 1. The maximum absolute atomic E-state index is 4.21. The minimum Gasteiger partial charge on any atom is -0.263 e. The Morgan fingerprint density at radius 2 is 2.07 bits per heavy atom. The Kier molecular flexibility index (Phi) is 2.59. The van der Waals surface area contributed by atoms with Gasteiger partial charge in [0.1, 0.15) is 0 Å². The molecule has 0 bridgehead atoms. The molecule has 0 fully saturated rings. The molecule has 1 aromatic carbocycles. The lowest BCUT2D eigenvalue weighted by Crippen LogP contribution is -1.80. The molecule has 0 saturated carbocycles. The van der Waals surface area contributed by atoms with Crippen LogP contribution in [-0.2, 0) is 0 Å². The van der Waals surface area contributed by atoms with Gasteiger partial charge in [-0.15, -0.1) is 0 Å². The number of aromatic nitrogens is 1. The second-order valence-electron chi connectivity index (χ2n) is 3.26. The largest absolute Gasteiger partial charge is 0.263 e. The molecule has 0 amide bonds. The Hall–Kier alpha value is -1.63. The van der Waals surface area contributed by atoms with Crippen molar-refractivity contribution >= 4 is 16.8 Å². The molecule has 0 saturated heterocycles. The summed E-state index contributed by atoms with van der Waals surface area (Å²) in [7, 11) is 0. The highest BCUT2D eigenvalue weighted by molar-refractivity contribution is 5.89. The van der Waals surface area contributed by atoms with Crippen LogP contribution in [0.5, 0.6) is 0 Å². The summed E-state index contributed by atoms with van der Waals surface area (Å²) in [5, 5.41) is 2.47. The SMILES string of the molecule is CC/C=C/c1cncc2ccccc12. The van der Waals surface area contributed by atoms with Crippen LogP contribution in [0.2, 0.25) is 0 Å². The first-order valence-electron chi connectivity index (χ1n) is 4.91. The number of hydrogen-bond donors (Lipinski definition) is 0. The van der Waals surface area contributed by atoms with E-state index in [-0.39, 0.29) is 0 Å². The lowest BCUT2D eigenvalue weighted by Gasteiger charge is -2.00. The lowest BCUT2D eigenvalue weighted by molar-refractivity contribution is 1.23. The van der Waals surface area contributed by atoms with Crippen LogP contribution < -0.4 is 0 Å². The van der Waals surface area contributed by atoms with E-state index in [9.17, 15) is 0 Å². The van der Waals surface area contributed by atoms with Crippen molar-refractivity contribution in [1.82, 2.24) is 4.98 Å². The average Bonchev–Trinajstić information content (AvgIpc) is 2.26. The van der Waals surface area contributed by atoms with E-state index < -0.39 is 0 Å². The Balaban J connectivity index is 2.59. The van der Waals surface area contributed by atoms with E-state index in [2.05, 4.69) is 42.3 Å². The van der Waals surface area contributed by atoms with Crippen LogP contribution in [0.4, 0.5) is 0 Å². The summed E-state index contributed by atoms with van der Waals surface area (Å²) in [6, 6.07) is 8.32. The van der Waals surface area contributed by atoms with Crippen LogP contribution in [0.15, 0.2) is 42.7 Å². The summed E-state index contributed by atoms with van der Waals surface area (Å²) in [4.78, 5) is 4.21. The van der Waals surface area contributed by atoms with Gasteiger partial charge in [-0.05, 0) is 11.8 Å². The number of rotatable bonds is 2. The second-order valence-corrected chi connectivity index (χ2v) is 3.26. The zero-order valence-electron chi connectivity index (χ0n) is 8.27. The van der Waals surface area contributed by atoms with Gasteiger partial charge >= 0.3 is 0 Å². The third kappa shape index (κ3) is 1.67. The highest BCUT2D eigenvalue weighted by atomic mass is 14.6. The van der Waals surface area contributed by atoms with Crippen molar-refractivity contribution in [2.75, 3.05) is 0 Å². The standard InChI is InChI=1S/C13H13N/c1-2-3-6-11-9-14-10-12-7-4-5-8-13(11)12/h3-10H,2H2,1H3/b6-3+. The molecule has 1 heterocycles. The molecule has 0 unspecified atom stereocenters. The molecule has 0 N–H and O–H groups in total. The van der Waals surface area contributed by atoms with E-state index in [1.165, 1.54) is 16.3 Å². The first kappa shape index (κ1) is 8.95. The number of allylic oxidation sites excluding steroid dienone is 1. The van der Waals surface area contributed by atoms with Gasteiger partial charge in [-0.1, -0.05) is 43.3 Å². The topological polar surface area (TPSA) is 12.9 Å². The molecular weight excluding hydrogens is 170 g/mol. The Morgan fingerprint density at radius 3 is 2.93 bits per heavy atom. The Bertz CT molecular complexity index is 452. The van der Waals surface area contributed by atoms with Crippen LogP contribution in [0.3, 0.4) is 0 Å². The third-order valence-corrected chi connectivity index (χ3v) is 2.23. The highest BCUT2D eigenvalue weighted by Crippen LogP contribution is 2.18. The fourth-order valence-electron chi connectivity index (χ4n) is 1.52. The van der Waals surface area contributed by atoms with Crippen LogP contribution >= 0.6 is 0 Å². The van der Waals surface area contributed by atoms with E-state index in [0.29, 0.717) is 0 Å². The predicted molar refractivity (Wildman–Crippen MR) is 61.1 cm³/mol. The highest BCUT2D eigenvalue weighted by Gasteiger charge is 1.95. The van der Waals surface area contributed by atoms with E-state index in [0.717, 1.165) is 6.42 Å². The molecule has 70 valence electrons. The monoisotopic (exact) mass is 183 g/mol. The fourth-order valence-corrected chi connectivity index (χ4v) is 1.52. The molecule has 1 nitrogen and oxygen atoms in total. The fraction of sp³-hybridized carbons (Fsp3) is 0.154. The van der Waals surface area contributed by atoms with Crippen LogP contribution in [0.25, 0.3) is 16.8 Å². The molecule has 0 aliphatic heterocycles. The van der Waals surface area contributed by atoms with E-state index >= 15 is 0 Å². The number of hydrogen-bond acceptors (Lipinski definition) is 1. The van der Waals surface area contributed by atoms with Gasteiger partial charge in [-0.3, -0.25) is 4.98 Å². The van der Waals surface area contributed by atoms with Gasteiger partial charge in [0.25, 0.3) is 0 Å². The summed E-state index contributed by atoms with van der Waals surface area (Å²) in [5.41, 5.74) is 1.20. The summed E-state index contributed by atoms with van der Waals surface area (Å²) in [6.45, 7) is 2.13. The zero-order chi connectivity index (χ0) is 9.80. The van der Waals surface area contributed by atoms with Gasteiger partial charge < -0.3 is 0 Å². The number of fused-ring (bicyclic) bond motifs is 1. The molecule has 0 spiro atoms. The Labute approximate surface area is 84.1 Å². The quantitative estimate of drug-likeness (QED) is 0.692. The minimum atomic E-state index is 1.06. The van der Waals surface area contributed by atoms with Crippen LogP contribution in [-0.4, -0.2) is 4.98 Å². The summed E-state index contributed by atoms with van der Waals surface area (Å²) < 4.78 is 0. The first-order chi connectivity index (χ1) is 6.92. The molecule has 0 atom stereocenters.